The lowest BCUT2D eigenvalue weighted by atomic mass is 10.0. The summed E-state index contributed by atoms with van der Waals surface area (Å²) in [6.45, 7) is 3.46. The highest BCUT2D eigenvalue weighted by Gasteiger charge is 2.32. The van der Waals surface area contributed by atoms with E-state index in [-0.39, 0.29) is 36.6 Å². The molecule has 0 saturated carbocycles. The minimum atomic E-state index is -4.67. The molecule has 140 valence electrons. The largest absolute Gasteiger partial charge is 0.573 e. The Bertz CT molecular complexity index is 635. The molecule has 1 fully saturated rings. The average molecular weight is 415 g/mol. The van der Waals surface area contributed by atoms with Crippen LogP contribution < -0.4 is 10.1 Å². The molecule has 0 bridgehead atoms. The van der Waals surface area contributed by atoms with Gasteiger partial charge in [0, 0.05) is 31.1 Å². The van der Waals surface area contributed by atoms with Crippen molar-refractivity contribution in [3.05, 3.63) is 52.2 Å². The standard InChI is InChI=1S/C16H17F3N2OS.2ClH/c17-16(18,19)22-13-4-1-3-12(11-13)15(14-5-2-10-23-14)21-8-6-20-7-9-21;;/h1-5,10-11,15,20H,6-9H2;2*1H/t15-;;/m0../s1. The van der Waals surface area contributed by atoms with Crippen molar-refractivity contribution in [3.8, 4) is 5.75 Å². The van der Waals surface area contributed by atoms with Crippen LogP contribution in [0.3, 0.4) is 0 Å². The van der Waals surface area contributed by atoms with E-state index in [4.69, 9.17) is 0 Å². The van der Waals surface area contributed by atoms with Gasteiger partial charge in [0.15, 0.2) is 0 Å². The number of benzene rings is 1. The normalized spacial score (nSPS) is 16.4. The van der Waals surface area contributed by atoms with E-state index in [9.17, 15) is 13.2 Å². The van der Waals surface area contributed by atoms with Crippen molar-refractivity contribution in [2.45, 2.75) is 12.4 Å². The Balaban J connectivity index is 0.00000156. The Morgan fingerprint density at radius 1 is 1.08 bits per heavy atom. The van der Waals surface area contributed by atoms with Crippen molar-refractivity contribution in [3.63, 3.8) is 0 Å². The van der Waals surface area contributed by atoms with Crippen LogP contribution in [-0.4, -0.2) is 37.4 Å². The number of nitrogens with one attached hydrogen (secondary N) is 1. The third-order valence-electron chi connectivity index (χ3n) is 3.74. The fraction of sp³-hybridized carbons (Fsp3) is 0.375. The summed E-state index contributed by atoms with van der Waals surface area (Å²) >= 11 is 1.61. The van der Waals surface area contributed by atoms with Crippen molar-refractivity contribution in [2.24, 2.45) is 0 Å². The minimum Gasteiger partial charge on any atom is -0.406 e. The second-order valence-electron chi connectivity index (χ2n) is 5.32. The SMILES string of the molecule is Cl.Cl.FC(F)(F)Oc1cccc([C@@H](c2cccs2)N2CCNCC2)c1. The number of piperazine rings is 1. The zero-order valence-electron chi connectivity index (χ0n) is 13.2. The fourth-order valence-electron chi connectivity index (χ4n) is 2.82. The lowest BCUT2D eigenvalue weighted by Crippen LogP contribution is -2.45. The van der Waals surface area contributed by atoms with Crippen LogP contribution in [0.2, 0.25) is 0 Å². The van der Waals surface area contributed by atoms with Crippen LogP contribution in [0.1, 0.15) is 16.5 Å². The Morgan fingerprint density at radius 3 is 2.40 bits per heavy atom. The van der Waals surface area contributed by atoms with E-state index in [1.165, 1.54) is 12.1 Å². The van der Waals surface area contributed by atoms with Crippen molar-refractivity contribution in [2.75, 3.05) is 26.2 Å². The van der Waals surface area contributed by atoms with Crippen molar-refractivity contribution < 1.29 is 17.9 Å². The van der Waals surface area contributed by atoms with Gasteiger partial charge in [-0.1, -0.05) is 18.2 Å². The maximum Gasteiger partial charge on any atom is 0.573 e. The Morgan fingerprint density at radius 2 is 1.80 bits per heavy atom. The van der Waals surface area contributed by atoms with E-state index in [2.05, 4.69) is 15.0 Å². The van der Waals surface area contributed by atoms with Crippen molar-refractivity contribution in [1.29, 1.82) is 0 Å². The predicted molar refractivity (Wildman–Crippen MR) is 98.2 cm³/mol. The number of rotatable bonds is 4. The lowest BCUT2D eigenvalue weighted by molar-refractivity contribution is -0.274. The number of thiophene rings is 1. The van der Waals surface area contributed by atoms with Gasteiger partial charge in [-0.15, -0.1) is 49.3 Å². The van der Waals surface area contributed by atoms with E-state index >= 15 is 0 Å². The van der Waals surface area contributed by atoms with Gasteiger partial charge in [-0.3, -0.25) is 4.90 Å². The van der Waals surface area contributed by atoms with Gasteiger partial charge in [-0.25, -0.2) is 0 Å². The molecule has 3 rings (SSSR count). The van der Waals surface area contributed by atoms with E-state index in [1.54, 1.807) is 17.4 Å². The van der Waals surface area contributed by atoms with Gasteiger partial charge in [-0.2, -0.15) is 0 Å². The second-order valence-corrected chi connectivity index (χ2v) is 6.30. The Hall–Kier alpha value is -0.990. The fourth-order valence-corrected chi connectivity index (χ4v) is 3.71. The van der Waals surface area contributed by atoms with Gasteiger partial charge in [0.2, 0.25) is 0 Å². The molecule has 0 aliphatic carbocycles. The molecule has 0 radical (unpaired) electrons. The van der Waals surface area contributed by atoms with E-state index in [0.29, 0.717) is 0 Å². The number of hydrogen-bond donors (Lipinski definition) is 1. The Kier molecular flexibility index (Phi) is 8.50. The molecule has 9 heteroatoms. The number of alkyl halides is 3. The van der Waals surface area contributed by atoms with Gasteiger partial charge in [0.1, 0.15) is 5.75 Å². The molecule has 1 atom stereocenters. The highest BCUT2D eigenvalue weighted by atomic mass is 35.5. The van der Waals surface area contributed by atoms with E-state index in [0.717, 1.165) is 36.6 Å². The van der Waals surface area contributed by atoms with Gasteiger partial charge < -0.3 is 10.1 Å². The molecule has 1 aromatic carbocycles. The molecule has 0 amide bonds. The maximum atomic E-state index is 12.5. The van der Waals surface area contributed by atoms with Gasteiger partial charge in [0.05, 0.1) is 6.04 Å². The number of nitrogens with zero attached hydrogens (tertiary/aromatic N) is 1. The summed E-state index contributed by atoms with van der Waals surface area (Å²) in [6, 6.07) is 10.2. The highest BCUT2D eigenvalue weighted by molar-refractivity contribution is 7.10. The molecule has 0 spiro atoms. The van der Waals surface area contributed by atoms with Crippen LogP contribution in [0, 0.1) is 0 Å². The first-order valence-corrected chi connectivity index (χ1v) is 8.25. The molecule has 1 aromatic heterocycles. The maximum absolute atomic E-state index is 12.5. The number of hydrogen-bond acceptors (Lipinski definition) is 4. The molecule has 2 aromatic rings. The first-order valence-electron chi connectivity index (χ1n) is 7.37. The first kappa shape index (κ1) is 22.1. The first-order chi connectivity index (χ1) is 11.0. The number of halogens is 5. The summed E-state index contributed by atoms with van der Waals surface area (Å²) in [6.07, 6.45) is -4.67. The van der Waals surface area contributed by atoms with Crippen LogP contribution in [0.15, 0.2) is 41.8 Å². The van der Waals surface area contributed by atoms with Crippen molar-refractivity contribution in [1.82, 2.24) is 10.2 Å². The van der Waals surface area contributed by atoms with Crippen LogP contribution in [0.25, 0.3) is 0 Å². The van der Waals surface area contributed by atoms with Crippen LogP contribution >= 0.6 is 36.2 Å². The summed E-state index contributed by atoms with van der Waals surface area (Å²) in [5, 5.41) is 5.28. The molecule has 1 N–H and O–H groups in total. The average Bonchev–Trinajstić information content (AvgIpc) is 3.01. The molecule has 1 aliphatic rings. The summed E-state index contributed by atoms with van der Waals surface area (Å²) in [7, 11) is 0. The van der Waals surface area contributed by atoms with Gasteiger partial charge >= 0.3 is 6.36 Å². The molecule has 25 heavy (non-hydrogen) atoms. The molecule has 1 aliphatic heterocycles. The molecule has 3 nitrogen and oxygen atoms in total. The van der Waals surface area contributed by atoms with E-state index in [1.807, 2.05) is 23.6 Å². The number of ether oxygens (including phenoxy) is 1. The van der Waals surface area contributed by atoms with E-state index < -0.39 is 6.36 Å². The monoisotopic (exact) mass is 414 g/mol. The smallest absolute Gasteiger partial charge is 0.406 e. The minimum absolute atomic E-state index is 0. The lowest BCUT2D eigenvalue weighted by Gasteiger charge is -2.34. The predicted octanol–water partition coefficient (Wildman–Crippen LogP) is 4.48. The zero-order chi connectivity index (χ0) is 16.3. The highest BCUT2D eigenvalue weighted by Crippen LogP contribution is 2.34. The topological polar surface area (TPSA) is 24.5 Å². The van der Waals surface area contributed by atoms with Crippen LogP contribution in [0.4, 0.5) is 13.2 Å². The molecule has 2 heterocycles. The zero-order valence-corrected chi connectivity index (χ0v) is 15.6. The second kappa shape index (κ2) is 9.64. The third kappa shape index (κ3) is 6.04. The summed E-state index contributed by atoms with van der Waals surface area (Å²) in [4.78, 5) is 3.41. The van der Waals surface area contributed by atoms with Crippen LogP contribution in [0.5, 0.6) is 5.75 Å². The summed E-state index contributed by atoms with van der Waals surface area (Å²) in [5.41, 5.74) is 0.816. The van der Waals surface area contributed by atoms with Crippen molar-refractivity contribution >= 4 is 36.2 Å². The van der Waals surface area contributed by atoms with Crippen LogP contribution in [-0.2, 0) is 0 Å². The quantitative estimate of drug-likeness (QED) is 0.797. The van der Waals surface area contributed by atoms with Gasteiger partial charge in [-0.05, 0) is 29.1 Å². The third-order valence-corrected chi connectivity index (χ3v) is 4.66. The Labute approximate surface area is 161 Å². The molecule has 1 saturated heterocycles. The van der Waals surface area contributed by atoms with Gasteiger partial charge in [0.25, 0.3) is 0 Å². The molecular weight excluding hydrogens is 396 g/mol. The summed E-state index contributed by atoms with van der Waals surface area (Å²) < 4.78 is 41.5. The molecular formula is C16H19Cl2F3N2OS. The summed E-state index contributed by atoms with van der Waals surface area (Å²) in [5.74, 6) is -0.174. The molecule has 0 unspecified atom stereocenters.